The van der Waals surface area contributed by atoms with Crippen LogP contribution in [0.2, 0.25) is 0 Å². The van der Waals surface area contributed by atoms with E-state index >= 15 is 0 Å². The molecule has 2 unspecified atom stereocenters. The lowest BCUT2D eigenvalue weighted by Gasteiger charge is -2.45. The number of benzene rings is 1. The summed E-state index contributed by atoms with van der Waals surface area (Å²) in [5.41, 5.74) is -2.04. The smallest absolute Gasteiger partial charge is 0.385 e. The molecule has 0 saturated carbocycles. The van der Waals surface area contributed by atoms with Crippen molar-refractivity contribution < 1.29 is 18.3 Å². The van der Waals surface area contributed by atoms with Gasteiger partial charge in [-0.1, -0.05) is 6.42 Å². The SMILES string of the molecule is N#Cc1cc(C(F)(F)F)cc(C2(O)CC3CCCC(C2)N3)c1. The number of nitrogens with zero attached hydrogens (tertiary/aromatic N) is 1. The average Bonchev–Trinajstić information content (AvgIpc) is 2.45. The number of hydrogen-bond acceptors (Lipinski definition) is 3. The molecule has 2 aliphatic heterocycles. The Labute approximate surface area is 126 Å². The highest BCUT2D eigenvalue weighted by molar-refractivity contribution is 5.41. The number of hydrogen-bond donors (Lipinski definition) is 2. The number of piperidine rings is 2. The summed E-state index contributed by atoms with van der Waals surface area (Å²) >= 11 is 0. The zero-order chi connectivity index (χ0) is 16.0. The first kappa shape index (κ1) is 15.3. The fourth-order valence-corrected chi connectivity index (χ4v) is 3.69. The predicted octanol–water partition coefficient (Wildman–Crippen LogP) is 3.07. The van der Waals surface area contributed by atoms with Crippen molar-refractivity contribution in [2.75, 3.05) is 0 Å². The molecule has 6 heteroatoms. The molecule has 0 aliphatic carbocycles. The summed E-state index contributed by atoms with van der Waals surface area (Å²) < 4.78 is 39.0. The molecule has 2 aliphatic rings. The molecule has 118 valence electrons. The van der Waals surface area contributed by atoms with Crippen LogP contribution in [0.25, 0.3) is 0 Å². The number of halogens is 3. The van der Waals surface area contributed by atoms with E-state index in [1.165, 1.54) is 6.07 Å². The quantitative estimate of drug-likeness (QED) is 0.838. The van der Waals surface area contributed by atoms with Gasteiger partial charge in [0.2, 0.25) is 0 Å². The summed E-state index contributed by atoms with van der Waals surface area (Å²) in [6.45, 7) is 0. The second-order valence-corrected chi connectivity index (χ2v) is 6.34. The second kappa shape index (κ2) is 5.25. The van der Waals surface area contributed by atoms with E-state index in [1.54, 1.807) is 6.07 Å². The third-order valence-electron chi connectivity index (χ3n) is 4.67. The second-order valence-electron chi connectivity index (χ2n) is 6.34. The fraction of sp³-hybridized carbons (Fsp3) is 0.562. The number of alkyl halides is 3. The highest BCUT2D eigenvalue weighted by Crippen LogP contribution is 2.41. The van der Waals surface area contributed by atoms with E-state index in [2.05, 4.69) is 5.32 Å². The minimum Gasteiger partial charge on any atom is -0.385 e. The van der Waals surface area contributed by atoms with E-state index < -0.39 is 17.3 Å². The Hall–Kier alpha value is -1.58. The number of aliphatic hydroxyl groups is 1. The van der Waals surface area contributed by atoms with Crippen molar-refractivity contribution >= 4 is 0 Å². The zero-order valence-electron chi connectivity index (χ0n) is 12.0. The van der Waals surface area contributed by atoms with Gasteiger partial charge < -0.3 is 10.4 Å². The molecule has 2 heterocycles. The molecular formula is C16H17F3N2O. The molecule has 1 aromatic carbocycles. The molecule has 0 radical (unpaired) electrons. The molecule has 3 rings (SSSR count). The summed E-state index contributed by atoms with van der Waals surface area (Å²) in [5.74, 6) is 0. The molecule has 3 nitrogen and oxygen atoms in total. The molecule has 2 bridgehead atoms. The minimum atomic E-state index is -4.53. The van der Waals surface area contributed by atoms with Gasteiger partial charge in [-0.3, -0.25) is 0 Å². The summed E-state index contributed by atoms with van der Waals surface area (Å²) in [5, 5.41) is 23.3. The lowest BCUT2D eigenvalue weighted by Crippen LogP contribution is -2.54. The highest BCUT2D eigenvalue weighted by Gasteiger charge is 2.43. The van der Waals surface area contributed by atoms with Gasteiger partial charge in [0.15, 0.2) is 0 Å². The first-order chi connectivity index (χ1) is 10.3. The first-order valence-corrected chi connectivity index (χ1v) is 7.41. The summed E-state index contributed by atoms with van der Waals surface area (Å²) in [4.78, 5) is 0. The Bertz CT molecular complexity index is 609. The highest BCUT2D eigenvalue weighted by atomic mass is 19.4. The Morgan fingerprint density at radius 3 is 2.36 bits per heavy atom. The molecule has 2 fully saturated rings. The molecule has 2 saturated heterocycles. The number of nitriles is 1. The number of fused-ring (bicyclic) bond motifs is 2. The third kappa shape index (κ3) is 2.83. The molecule has 22 heavy (non-hydrogen) atoms. The van der Waals surface area contributed by atoms with Gasteiger partial charge in [0.05, 0.1) is 22.8 Å². The van der Waals surface area contributed by atoms with Gasteiger partial charge in [0, 0.05) is 12.1 Å². The maximum Gasteiger partial charge on any atom is 0.416 e. The van der Waals surface area contributed by atoms with E-state index in [0.717, 1.165) is 31.4 Å². The average molecular weight is 310 g/mol. The zero-order valence-corrected chi connectivity index (χ0v) is 12.0. The Kier molecular flexibility index (Phi) is 3.66. The van der Waals surface area contributed by atoms with E-state index in [1.807, 2.05) is 0 Å². The van der Waals surface area contributed by atoms with E-state index in [0.29, 0.717) is 12.8 Å². The van der Waals surface area contributed by atoms with Crippen LogP contribution < -0.4 is 5.32 Å². The molecule has 0 spiro atoms. The summed E-state index contributed by atoms with van der Waals surface area (Å²) in [7, 11) is 0. The Balaban J connectivity index is 2.01. The lowest BCUT2D eigenvalue weighted by atomic mass is 9.73. The molecule has 2 N–H and O–H groups in total. The van der Waals surface area contributed by atoms with Crippen molar-refractivity contribution in [2.24, 2.45) is 0 Å². The summed E-state index contributed by atoms with van der Waals surface area (Å²) in [6.07, 6.45) is -0.845. The topological polar surface area (TPSA) is 56.0 Å². The van der Waals surface area contributed by atoms with Gasteiger partial charge in [-0.25, -0.2) is 0 Å². The van der Waals surface area contributed by atoms with Crippen LogP contribution in [0.15, 0.2) is 18.2 Å². The molecule has 2 atom stereocenters. The largest absolute Gasteiger partial charge is 0.416 e. The van der Waals surface area contributed by atoms with Crippen molar-refractivity contribution in [3.8, 4) is 6.07 Å². The monoisotopic (exact) mass is 310 g/mol. The van der Waals surface area contributed by atoms with Crippen LogP contribution in [0.1, 0.15) is 48.8 Å². The van der Waals surface area contributed by atoms with E-state index in [4.69, 9.17) is 5.26 Å². The van der Waals surface area contributed by atoms with Crippen LogP contribution in [0.5, 0.6) is 0 Å². The minimum absolute atomic E-state index is 0.0676. The van der Waals surface area contributed by atoms with Gasteiger partial charge in [0.1, 0.15) is 0 Å². The predicted molar refractivity (Wildman–Crippen MR) is 73.9 cm³/mol. The van der Waals surface area contributed by atoms with Gasteiger partial charge >= 0.3 is 6.18 Å². The molecule has 0 aromatic heterocycles. The van der Waals surface area contributed by atoms with Crippen LogP contribution in [-0.2, 0) is 11.8 Å². The van der Waals surface area contributed by atoms with E-state index in [9.17, 15) is 18.3 Å². The van der Waals surface area contributed by atoms with Gasteiger partial charge in [-0.05, 0) is 49.4 Å². The standard InChI is InChI=1S/C16H17F3N2O/c17-16(18,19)12-5-10(9-20)4-11(6-12)15(22)7-13-2-1-3-14(8-15)21-13/h4-6,13-14,21-22H,1-3,7-8H2. The third-order valence-corrected chi connectivity index (χ3v) is 4.67. The maximum atomic E-state index is 13.0. The van der Waals surface area contributed by atoms with Crippen molar-refractivity contribution in [3.63, 3.8) is 0 Å². The van der Waals surface area contributed by atoms with Crippen LogP contribution in [0.4, 0.5) is 13.2 Å². The van der Waals surface area contributed by atoms with Gasteiger partial charge in [-0.2, -0.15) is 18.4 Å². The molecule has 1 aromatic rings. The van der Waals surface area contributed by atoms with Crippen LogP contribution in [0, 0.1) is 11.3 Å². The first-order valence-electron chi connectivity index (χ1n) is 7.41. The fourth-order valence-electron chi connectivity index (χ4n) is 3.69. The lowest BCUT2D eigenvalue weighted by molar-refractivity contribution is -0.137. The molecule has 0 amide bonds. The Morgan fingerprint density at radius 2 is 1.82 bits per heavy atom. The van der Waals surface area contributed by atoms with Crippen LogP contribution in [0.3, 0.4) is 0 Å². The van der Waals surface area contributed by atoms with Crippen molar-refractivity contribution in [2.45, 2.75) is 56.0 Å². The number of nitrogens with one attached hydrogen (secondary N) is 1. The maximum absolute atomic E-state index is 13.0. The Morgan fingerprint density at radius 1 is 1.18 bits per heavy atom. The van der Waals surface area contributed by atoms with Crippen LogP contribution in [-0.4, -0.2) is 17.2 Å². The van der Waals surface area contributed by atoms with Crippen molar-refractivity contribution in [1.82, 2.24) is 5.32 Å². The number of rotatable bonds is 1. The van der Waals surface area contributed by atoms with Gasteiger partial charge in [-0.15, -0.1) is 0 Å². The van der Waals surface area contributed by atoms with Crippen molar-refractivity contribution in [1.29, 1.82) is 5.26 Å². The normalized spacial score (nSPS) is 31.6. The van der Waals surface area contributed by atoms with Gasteiger partial charge in [0.25, 0.3) is 0 Å². The summed E-state index contributed by atoms with van der Waals surface area (Å²) in [6, 6.07) is 5.21. The molecular weight excluding hydrogens is 293 g/mol. The van der Waals surface area contributed by atoms with Crippen LogP contribution >= 0.6 is 0 Å². The van der Waals surface area contributed by atoms with E-state index in [-0.39, 0.29) is 23.2 Å². The van der Waals surface area contributed by atoms with Crippen molar-refractivity contribution in [3.05, 3.63) is 34.9 Å².